The molecule has 0 unspecified atom stereocenters. The van der Waals surface area contributed by atoms with Crippen molar-refractivity contribution in [3.63, 3.8) is 0 Å². The van der Waals surface area contributed by atoms with Crippen LogP contribution in [0.2, 0.25) is 0 Å². The number of amidine groups is 1. The predicted octanol–water partition coefficient (Wildman–Crippen LogP) is 1.35. The van der Waals surface area contributed by atoms with E-state index in [0.717, 1.165) is 24.6 Å². The Morgan fingerprint density at radius 1 is 1.60 bits per heavy atom. The lowest BCUT2D eigenvalue weighted by Gasteiger charge is -2.21. The molecule has 1 fully saturated rings. The van der Waals surface area contributed by atoms with Crippen molar-refractivity contribution in [2.75, 3.05) is 31.7 Å². The highest BCUT2D eigenvalue weighted by molar-refractivity contribution is 6.02. The molecule has 1 saturated carbocycles. The lowest BCUT2D eigenvalue weighted by Crippen LogP contribution is -2.28. The Kier molecular flexibility index (Phi) is 4.79. The van der Waals surface area contributed by atoms with Crippen LogP contribution in [0.25, 0.3) is 0 Å². The van der Waals surface area contributed by atoms with Gasteiger partial charge in [-0.3, -0.25) is 0 Å². The van der Waals surface area contributed by atoms with Crippen LogP contribution in [0, 0.1) is 12.8 Å². The Labute approximate surface area is 119 Å². The summed E-state index contributed by atoms with van der Waals surface area (Å²) in [6.07, 6.45) is 4.31. The lowest BCUT2D eigenvalue weighted by molar-refractivity contribution is 0.131. The molecule has 0 saturated heterocycles. The third-order valence-electron chi connectivity index (χ3n) is 3.49. The van der Waals surface area contributed by atoms with Gasteiger partial charge in [0.25, 0.3) is 0 Å². The monoisotopic (exact) mass is 278 g/mol. The van der Waals surface area contributed by atoms with Crippen LogP contribution in [-0.2, 0) is 4.74 Å². The smallest absolute Gasteiger partial charge is 0.174 e. The second-order valence-corrected chi connectivity index (χ2v) is 5.25. The number of anilines is 1. The van der Waals surface area contributed by atoms with Crippen LogP contribution in [0.15, 0.2) is 17.4 Å². The van der Waals surface area contributed by atoms with Gasteiger partial charge in [0.15, 0.2) is 5.84 Å². The minimum atomic E-state index is 0.0800. The van der Waals surface area contributed by atoms with Gasteiger partial charge in [0.05, 0.1) is 12.2 Å². The van der Waals surface area contributed by atoms with Gasteiger partial charge in [-0.05, 0) is 37.3 Å². The molecule has 1 aromatic rings. The fraction of sp³-hybridized carbons (Fsp3) is 0.571. The molecular weight excluding hydrogens is 256 g/mol. The van der Waals surface area contributed by atoms with Crippen LogP contribution in [-0.4, -0.2) is 42.8 Å². The van der Waals surface area contributed by atoms with Gasteiger partial charge in [0, 0.05) is 26.4 Å². The van der Waals surface area contributed by atoms with Crippen LogP contribution < -0.4 is 10.6 Å². The van der Waals surface area contributed by atoms with E-state index in [4.69, 9.17) is 15.7 Å². The van der Waals surface area contributed by atoms with Crippen LogP contribution in [0.1, 0.15) is 24.0 Å². The number of rotatable bonds is 7. The van der Waals surface area contributed by atoms with Gasteiger partial charge in [0.2, 0.25) is 0 Å². The van der Waals surface area contributed by atoms with Crippen molar-refractivity contribution in [1.82, 2.24) is 4.98 Å². The molecule has 110 valence electrons. The summed E-state index contributed by atoms with van der Waals surface area (Å²) in [5, 5.41) is 12.0. The van der Waals surface area contributed by atoms with Crippen LogP contribution in [0.3, 0.4) is 0 Å². The second kappa shape index (κ2) is 6.56. The Balaban J connectivity index is 2.00. The predicted molar refractivity (Wildman–Crippen MR) is 78.3 cm³/mol. The molecule has 1 heterocycles. The van der Waals surface area contributed by atoms with Crippen molar-refractivity contribution in [3.8, 4) is 0 Å². The van der Waals surface area contributed by atoms with Gasteiger partial charge in [0.1, 0.15) is 5.82 Å². The molecule has 0 radical (unpaired) electrons. The molecule has 0 spiro atoms. The van der Waals surface area contributed by atoms with Crippen LogP contribution >= 0.6 is 0 Å². The fourth-order valence-electron chi connectivity index (χ4n) is 2.04. The summed E-state index contributed by atoms with van der Waals surface area (Å²) in [5.41, 5.74) is 7.33. The number of nitrogens with two attached hydrogens (primary N) is 1. The molecule has 0 amide bonds. The second-order valence-electron chi connectivity index (χ2n) is 5.25. The minimum Gasteiger partial charge on any atom is -0.409 e. The number of ether oxygens (including phenoxy) is 1. The molecule has 3 N–H and O–H groups in total. The van der Waals surface area contributed by atoms with Crippen molar-refractivity contribution in [2.24, 2.45) is 16.8 Å². The van der Waals surface area contributed by atoms with Gasteiger partial charge in [-0.2, -0.15) is 0 Å². The SMILES string of the molecule is Cc1ccnc(N(C)CCOCC2CC2)c1/C(N)=N/O. The summed E-state index contributed by atoms with van der Waals surface area (Å²) in [4.78, 5) is 6.30. The Morgan fingerprint density at radius 2 is 2.35 bits per heavy atom. The average Bonchev–Trinajstić information content (AvgIpc) is 3.26. The van der Waals surface area contributed by atoms with Crippen LogP contribution in [0.5, 0.6) is 0 Å². The topological polar surface area (TPSA) is 84.0 Å². The third-order valence-corrected chi connectivity index (χ3v) is 3.49. The van der Waals surface area contributed by atoms with Gasteiger partial charge in [-0.1, -0.05) is 5.16 Å². The molecule has 0 bridgehead atoms. The first-order chi connectivity index (χ1) is 9.63. The first kappa shape index (κ1) is 14.6. The molecule has 0 aliphatic heterocycles. The molecule has 6 nitrogen and oxygen atoms in total. The number of nitrogens with zero attached hydrogens (tertiary/aromatic N) is 3. The summed E-state index contributed by atoms with van der Waals surface area (Å²) >= 11 is 0. The van der Waals surface area contributed by atoms with E-state index in [1.807, 2.05) is 24.9 Å². The highest BCUT2D eigenvalue weighted by Gasteiger charge is 2.21. The molecule has 0 atom stereocenters. The van der Waals surface area contributed by atoms with E-state index >= 15 is 0 Å². The van der Waals surface area contributed by atoms with Crippen molar-refractivity contribution in [3.05, 3.63) is 23.4 Å². The molecule has 1 aliphatic rings. The largest absolute Gasteiger partial charge is 0.409 e. The molecule has 20 heavy (non-hydrogen) atoms. The average molecular weight is 278 g/mol. The van der Waals surface area contributed by atoms with Crippen molar-refractivity contribution >= 4 is 11.7 Å². The van der Waals surface area contributed by atoms with Crippen molar-refractivity contribution in [2.45, 2.75) is 19.8 Å². The standard InChI is InChI=1S/C14H22N4O2/c1-10-5-6-16-14(12(10)13(15)17-19)18(2)7-8-20-9-11-3-4-11/h5-6,11,19H,3-4,7-9H2,1-2H3,(H2,15,17). The fourth-order valence-corrected chi connectivity index (χ4v) is 2.04. The number of oxime groups is 1. The highest BCUT2D eigenvalue weighted by Crippen LogP contribution is 2.28. The first-order valence-corrected chi connectivity index (χ1v) is 6.86. The zero-order valence-corrected chi connectivity index (χ0v) is 12.0. The molecule has 2 rings (SSSR count). The van der Waals surface area contributed by atoms with Gasteiger partial charge >= 0.3 is 0 Å². The zero-order chi connectivity index (χ0) is 14.5. The van der Waals surface area contributed by atoms with Gasteiger partial charge < -0.3 is 20.6 Å². The quantitative estimate of drug-likeness (QED) is 0.258. The highest BCUT2D eigenvalue weighted by atomic mass is 16.5. The summed E-state index contributed by atoms with van der Waals surface area (Å²) in [7, 11) is 1.93. The molecule has 0 aromatic carbocycles. The number of aryl methyl sites for hydroxylation is 1. The Bertz CT molecular complexity index is 486. The van der Waals surface area contributed by atoms with Gasteiger partial charge in [-0.25, -0.2) is 4.98 Å². The number of pyridine rings is 1. The third kappa shape index (κ3) is 3.60. The van der Waals surface area contributed by atoms with E-state index < -0.39 is 0 Å². The maximum atomic E-state index is 8.89. The minimum absolute atomic E-state index is 0.0800. The maximum absolute atomic E-state index is 8.89. The van der Waals surface area contributed by atoms with E-state index in [0.29, 0.717) is 18.0 Å². The van der Waals surface area contributed by atoms with Crippen molar-refractivity contribution in [1.29, 1.82) is 0 Å². The maximum Gasteiger partial charge on any atom is 0.174 e. The van der Waals surface area contributed by atoms with E-state index in [1.54, 1.807) is 6.20 Å². The number of aromatic nitrogens is 1. The van der Waals surface area contributed by atoms with Crippen LogP contribution in [0.4, 0.5) is 5.82 Å². The summed E-state index contributed by atoms with van der Waals surface area (Å²) in [6.45, 7) is 4.13. The Hall–Kier alpha value is -1.82. The van der Waals surface area contributed by atoms with Gasteiger partial charge in [-0.15, -0.1) is 0 Å². The number of hydrogen-bond acceptors (Lipinski definition) is 5. The first-order valence-electron chi connectivity index (χ1n) is 6.86. The van der Waals surface area contributed by atoms with E-state index in [9.17, 15) is 0 Å². The molecule has 6 heteroatoms. The summed E-state index contributed by atoms with van der Waals surface area (Å²) < 4.78 is 5.63. The normalized spacial score (nSPS) is 15.4. The molecule has 1 aliphatic carbocycles. The zero-order valence-electron chi connectivity index (χ0n) is 12.0. The van der Waals surface area contributed by atoms with E-state index in [1.165, 1.54) is 12.8 Å². The van der Waals surface area contributed by atoms with E-state index in [-0.39, 0.29) is 5.84 Å². The summed E-state index contributed by atoms with van der Waals surface area (Å²) in [6, 6.07) is 1.84. The van der Waals surface area contributed by atoms with Crippen molar-refractivity contribution < 1.29 is 9.94 Å². The Morgan fingerprint density at radius 3 is 3.00 bits per heavy atom. The molecular formula is C14H22N4O2. The van der Waals surface area contributed by atoms with E-state index in [2.05, 4.69) is 10.1 Å². The number of hydrogen-bond donors (Lipinski definition) is 2. The lowest BCUT2D eigenvalue weighted by atomic mass is 10.1. The molecule has 1 aromatic heterocycles. The number of likely N-dealkylation sites (N-methyl/N-ethyl adjacent to an activating group) is 1. The summed E-state index contributed by atoms with van der Waals surface area (Å²) in [5.74, 6) is 1.55.